The Hall–Kier alpha value is -2.13. The Morgan fingerprint density at radius 2 is 2.08 bits per heavy atom. The fraction of sp³-hybridized carbons (Fsp3) is 0.412. The number of nitrogens with zero attached hydrogens (tertiary/aromatic N) is 1. The van der Waals surface area contributed by atoms with Gasteiger partial charge in [0.1, 0.15) is 0 Å². The molecule has 0 fully saturated rings. The Labute approximate surface area is 159 Å². The zero-order valence-electron chi connectivity index (χ0n) is 14.6. The van der Waals surface area contributed by atoms with E-state index in [2.05, 4.69) is 15.6 Å². The second-order valence-electron chi connectivity index (χ2n) is 5.54. The summed E-state index contributed by atoms with van der Waals surface area (Å²) in [7, 11) is 0. The number of hydrogen-bond donors (Lipinski definition) is 2. The molecule has 1 heterocycles. The van der Waals surface area contributed by atoms with E-state index in [1.807, 2.05) is 38.1 Å². The fourth-order valence-corrected chi connectivity index (χ4v) is 3.94. The number of amides is 3. The Morgan fingerprint density at radius 3 is 2.81 bits per heavy atom. The molecule has 2 aromatic rings. The number of rotatable bonds is 8. The predicted molar refractivity (Wildman–Crippen MR) is 102 cm³/mol. The largest absolute Gasteiger partial charge is 0.456 e. The molecule has 1 aromatic carbocycles. The average molecular weight is 396 g/mol. The number of esters is 1. The summed E-state index contributed by atoms with van der Waals surface area (Å²) < 4.78 is 6.86. The van der Waals surface area contributed by atoms with E-state index in [4.69, 9.17) is 4.74 Å². The molecular formula is C17H21N3O4S2. The predicted octanol–water partition coefficient (Wildman–Crippen LogP) is 2.95. The quantitative estimate of drug-likeness (QED) is 0.527. The van der Waals surface area contributed by atoms with Crippen molar-refractivity contribution in [3.63, 3.8) is 0 Å². The third-order valence-electron chi connectivity index (χ3n) is 3.41. The fourth-order valence-electron chi connectivity index (χ4n) is 1.88. The van der Waals surface area contributed by atoms with Crippen molar-refractivity contribution in [2.45, 2.75) is 37.1 Å². The van der Waals surface area contributed by atoms with E-state index in [0.717, 1.165) is 21.0 Å². The van der Waals surface area contributed by atoms with Crippen LogP contribution in [-0.2, 0) is 14.3 Å². The van der Waals surface area contributed by atoms with Gasteiger partial charge in [-0.15, -0.1) is 11.3 Å². The van der Waals surface area contributed by atoms with Crippen molar-refractivity contribution in [2.75, 3.05) is 12.4 Å². The summed E-state index contributed by atoms with van der Waals surface area (Å²) in [4.78, 5) is 39.2. The van der Waals surface area contributed by atoms with Crippen LogP contribution in [0.1, 0.15) is 26.7 Å². The van der Waals surface area contributed by atoms with Crippen LogP contribution in [0.25, 0.3) is 10.2 Å². The molecule has 0 aliphatic heterocycles. The molecule has 3 amide bonds. The number of aromatic nitrogens is 1. The van der Waals surface area contributed by atoms with Crippen molar-refractivity contribution in [3.8, 4) is 0 Å². The lowest BCUT2D eigenvalue weighted by Gasteiger charge is -2.11. The van der Waals surface area contributed by atoms with Gasteiger partial charge in [-0.25, -0.2) is 9.78 Å². The van der Waals surface area contributed by atoms with Gasteiger partial charge in [0.05, 0.1) is 16.6 Å². The highest BCUT2D eigenvalue weighted by Gasteiger charge is 2.12. The van der Waals surface area contributed by atoms with E-state index >= 15 is 0 Å². The van der Waals surface area contributed by atoms with Gasteiger partial charge in [0.2, 0.25) is 0 Å². The Bertz CT molecular complexity index is 745. The van der Waals surface area contributed by atoms with Crippen LogP contribution in [0.15, 0.2) is 28.6 Å². The summed E-state index contributed by atoms with van der Waals surface area (Å²) in [5.74, 6) is -0.636. The van der Waals surface area contributed by atoms with Gasteiger partial charge >= 0.3 is 12.0 Å². The van der Waals surface area contributed by atoms with Crippen LogP contribution in [-0.4, -0.2) is 41.3 Å². The maximum Gasteiger partial charge on any atom is 0.321 e. The topological polar surface area (TPSA) is 97.4 Å². The first kappa shape index (κ1) is 20.2. The van der Waals surface area contributed by atoms with Crippen molar-refractivity contribution in [1.29, 1.82) is 0 Å². The van der Waals surface area contributed by atoms with Gasteiger partial charge in [-0.05, 0) is 25.5 Å². The Balaban J connectivity index is 1.64. The summed E-state index contributed by atoms with van der Waals surface area (Å²) in [6, 6.07) is 7.21. The van der Waals surface area contributed by atoms with Gasteiger partial charge in [0.15, 0.2) is 10.9 Å². The lowest BCUT2D eigenvalue weighted by molar-refractivity contribution is -0.147. The van der Waals surface area contributed by atoms with Crippen LogP contribution in [0.3, 0.4) is 0 Å². The molecule has 0 saturated carbocycles. The van der Waals surface area contributed by atoms with E-state index in [0.29, 0.717) is 5.75 Å². The maximum atomic E-state index is 11.7. The molecule has 26 heavy (non-hydrogen) atoms. The number of hydrogen-bond acceptors (Lipinski definition) is 7. The Morgan fingerprint density at radius 1 is 1.31 bits per heavy atom. The molecule has 140 valence electrons. The zero-order chi connectivity index (χ0) is 18.9. The first-order valence-electron chi connectivity index (χ1n) is 8.22. The highest BCUT2D eigenvalue weighted by Crippen LogP contribution is 2.29. The first-order chi connectivity index (χ1) is 12.5. The number of urea groups is 1. The molecule has 0 aliphatic rings. The van der Waals surface area contributed by atoms with Crippen LogP contribution in [0.2, 0.25) is 0 Å². The van der Waals surface area contributed by atoms with Crippen LogP contribution >= 0.6 is 23.1 Å². The molecule has 1 atom stereocenters. The Kier molecular flexibility index (Phi) is 7.86. The number of ether oxygens (including phenoxy) is 1. The van der Waals surface area contributed by atoms with Gasteiger partial charge in [0, 0.05) is 11.8 Å². The number of carbonyl (C=O) groups is 3. The molecule has 0 radical (unpaired) electrons. The van der Waals surface area contributed by atoms with Crippen LogP contribution in [0.4, 0.5) is 4.79 Å². The SMILES string of the molecule is CC[C@H](C)NC(=O)NC(=O)COC(=O)CCSc1nc2ccccc2s1. The minimum Gasteiger partial charge on any atom is -0.456 e. The number of carbonyl (C=O) groups excluding carboxylic acids is 3. The van der Waals surface area contributed by atoms with Gasteiger partial charge in [-0.1, -0.05) is 30.8 Å². The monoisotopic (exact) mass is 395 g/mol. The molecule has 7 nitrogen and oxygen atoms in total. The van der Waals surface area contributed by atoms with Crippen molar-refractivity contribution in [3.05, 3.63) is 24.3 Å². The lowest BCUT2D eigenvalue weighted by atomic mass is 10.3. The number of nitrogens with one attached hydrogen (secondary N) is 2. The normalized spacial score (nSPS) is 11.8. The molecule has 0 saturated heterocycles. The van der Waals surface area contributed by atoms with E-state index in [9.17, 15) is 14.4 Å². The van der Waals surface area contributed by atoms with Gasteiger partial charge in [0.25, 0.3) is 5.91 Å². The minimum absolute atomic E-state index is 0.0371. The van der Waals surface area contributed by atoms with Crippen LogP contribution in [0, 0.1) is 0 Å². The van der Waals surface area contributed by atoms with Gasteiger partial charge < -0.3 is 10.1 Å². The van der Waals surface area contributed by atoms with Crippen molar-refractivity contribution in [2.24, 2.45) is 0 Å². The van der Waals surface area contributed by atoms with Crippen molar-refractivity contribution < 1.29 is 19.1 Å². The van der Waals surface area contributed by atoms with Crippen molar-refractivity contribution in [1.82, 2.24) is 15.6 Å². The number of fused-ring (bicyclic) bond motifs is 1. The summed E-state index contributed by atoms with van der Waals surface area (Å²) in [5, 5.41) is 4.71. The minimum atomic E-state index is -0.655. The summed E-state index contributed by atoms with van der Waals surface area (Å²) in [5.41, 5.74) is 0.940. The molecule has 2 rings (SSSR count). The summed E-state index contributed by atoms with van der Waals surface area (Å²) in [6.07, 6.45) is 0.913. The summed E-state index contributed by atoms with van der Waals surface area (Å²) in [6.45, 7) is 3.27. The third kappa shape index (κ3) is 6.64. The van der Waals surface area contributed by atoms with Gasteiger partial charge in [-0.2, -0.15) is 0 Å². The molecule has 0 spiro atoms. The molecular weight excluding hydrogens is 374 g/mol. The van der Waals surface area contributed by atoms with Crippen LogP contribution < -0.4 is 10.6 Å². The summed E-state index contributed by atoms with van der Waals surface area (Å²) >= 11 is 3.04. The molecule has 0 bridgehead atoms. The molecule has 2 N–H and O–H groups in total. The number of benzene rings is 1. The maximum absolute atomic E-state index is 11.7. The average Bonchev–Trinajstić information content (AvgIpc) is 3.02. The smallest absolute Gasteiger partial charge is 0.321 e. The molecule has 9 heteroatoms. The van der Waals surface area contributed by atoms with Crippen molar-refractivity contribution >= 4 is 51.2 Å². The molecule has 1 aromatic heterocycles. The lowest BCUT2D eigenvalue weighted by Crippen LogP contribution is -2.44. The number of imide groups is 1. The zero-order valence-corrected chi connectivity index (χ0v) is 16.2. The third-order valence-corrected chi connectivity index (χ3v) is 5.59. The van der Waals surface area contributed by atoms with E-state index < -0.39 is 24.5 Å². The highest BCUT2D eigenvalue weighted by atomic mass is 32.2. The highest BCUT2D eigenvalue weighted by molar-refractivity contribution is 8.01. The van der Waals surface area contributed by atoms with E-state index in [1.54, 1.807) is 11.3 Å². The second-order valence-corrected chi connectivity index (χ2v) is 7.91. The van der Waals surface area contributed by atoms with E-state index in [-0.39, 0.29) is 12.5 Å². The first-order valence-corrected chi connectivity index (χ1v) is 10.0. The number of thiazole rings is 1. The molecule has 0 unspecified atom stereocenters. The van der Waals surface area contributed by atoms with Gasteiger partial charge in [-0.3, -0.25) is 14.9 Å². The van der Waals surface area contributed by atoms with E-state index in [1.165, 1.54) is 11.8 Å². The standard InChI is InChI=1S/C17H21N3O4S2/c1-3-11(2)18-16(23)20-14(21)10-24-15(22)8-9-25-17-19-12-6-4-5-7-13(12)26-17/h4-7,11H,3,8-10H2,1-2H3,(H2,18,20,21,23)/t11-/m0/s1. The number of para-hydroxylation sites is 1. The second kappa shape index (κ2) is 10.1. The molecule has 0 aliphatic carbocycles. The van der Waals surface area contributed by atoms with Crippen LogP contribution in [0.5, 0.6) is 0 Å². The number of thioether (sulfide) groups is 1.